The van der Waals surface area contributed by atoms with Crippen LogP contribution in [0.4, 0.5) is 0 Å². The Balaban J connectivity index is 2.08. The van der Waals surface area contributed by atoms with Gasteiger partial charge in [-0.1, -0.05) is 41.5 Å². The standard InChI is InChI=1S/C14H18BrN3S/c1-10(2)8-16-9-11-7-12(15)3-4-13(11)19-14-17-5-6-18-14/h3-7,10,16H,8-9H2,1-2H3,(H,17,18). The number of hydrogen-bond acceptors (Lipinski definition) is 3. The molecule has 0 spiro atoms. The molecule has 1 aromatic carbocycles. The zero-order valence-electron chi connectivity index (χ0n) is 11.1. The minimum absolute atomic E-state index is 0.660. The first kappa shape index (κ1) is 14.6. The Morgan fingerprint density at radius 1 is 1.42 bits per heavy atom. The van der Waals surface area contributed by atoms with Gasteiger partial charge in [0.15, 0.2) is 5.16 Å². The number of nitrogens with one attached hydrogen (secondary N) is 2. The maximum Gasteiger partial charge on any atom is 0.170 e. The summed E-state index contributed by atoms with van der Waals surface area (Å²) in [5.41, 5.74) is 1.29. The van der Waals surface area contributed by atoms with E-state index in [-0.39, 0.29) is 0 Å². The van der Waals surface area contributed by atoms with E-state index in [9.17, 15) is 0 Å². The van der Waals surface area contributed by atoms with E-state index in [2.05, 4.69) is 63.3 Å². The van der Waals surface area contributed by atoms with Crippen molar-refractivity contribution >= 4 is 27.7 Å². The monoisotopic (exact) mass is 339 g/mol. The summed E-state index contributed by atoms with van der Waals surface area (Å²) >= 11 is 5.20. The number of hydrogen-bond donors (Lipinski definition) is 2. The van der Waals surface area contributed by atoms with E-state index in [0.717, 1.165) is 22.7 Å². The van der Waals surface area contributed by atoms with Gasteiger partial charge in [-0.05, 0) is 36.2 Å². The van der Waals surface area contributed by atoms with Crippen LogP contribution in [0.1, 0.15) is 19.4 Å². The summed E-state index contributed by atoms with van der Waals surface area (Å²) in [7, 11) is 0. The second kappa shape index (κ2) is 7.12. The molecule has 0 unspecified atom stereocenters. The van der Waals surface area contributed by atoms with Crippen molar-refractivity contribution in [3.63, 3.8) is 0 Å². The molecule has 2 N–H and O–H groups in total. The number of rotatable bonds is 6. The largest absolute Gasteiger partial charge is 0.339 e. The van der Waals surface area contributed by atoms with Crippen LogP contribution < -0.4 is 5.32 Å². The third kappa shape index (κ3) is 4.67. The van der Waals surface area contributed by atoms with Crippen molar-refractivity contribution in [1.29, 1.82) is 0 Å². The summed E-state index contributed by atoms with van der Waals surface area (Å²) in [5.74, 6) is 0.660. The zero-order chi connectivity index (χ0) is 13.7. The van der Waals surface area contributed by atoms with E-state index < -0.39 is 0 Å². The second-order valence-electron chi connectivity index (χ2n) is 4.77. The molecule has 19 heavy (non-hydrogen) atoms. The van der Waals surface area contributed by atoms with Crippen LogP contribution in [0, 0.1) is 5.92 Å². The lowest BCUT2D eigenvalue weighted by atomic mass is 10.2. The van der Waals surface area contributed by atoms with Crippen molar-refractivity contribution in [2.24, 2.45) is 5.92 Å². The first-order chi connectivity index (χ1) is 9.15. The normalized spacial score (nSPS) is 11.2. The summed E-state index contributed by atoms with van der Waals surface area (Å²) in [5, 5.41) is 4.41. The van der Waals surface area contributed by atoms with Gasteiger partial charge in [-0.2, -0.15) is 0 Å². The number of aromatic nitrogens is 2. The van der Waals surface area contributed by atoms with E-state index in [4.69, 9.17) is 0 Å². The van der Waals surface area contributed by atoms with Gasteiger partial charge in [0.05, 0.1) is 0 Å². The number of halogens is 1. The maximum absolute atomic E-state index is 4.26. The minimum atomic E-state index is 0.660. The van der Waals surface area contributed by atoms with Crippen molar-refractivity contribution in [3.05, 3.63) is 40.6 Å². The van der Waals surface area contributed by atoms with Crippen molar-refractivity contribution in [3.8, 4) is 0 Å². The average Bonchev–Trinajstić information content (AvgIpc) is 2.85. The van der Waals surface area contributed by atoms with Crippen LogP contribution in [0.15, 0.2) is 45.1 Å². The maximum atomic E-state index is 4.26. The number of imidazole rings is 1. The lowest BCUT2D eigenvalue weighted by Crippen LogP contribution is -2.19. The number of aromatic amines is 1. The van der Waals surface area contributed by atoms with E-state index in [1.165, 1.54) is 10.5 Å². The SMILES string of the molecule is CC(C)CNCc1cc(Br)ccc1Sc1ncc[nH]1. The van der Waals surface area contributed by atoms with Crippen LogP contribution in [-0.4, -0.2) is 16.5 Å². The quantitative estimate of drug-likeness (QED) is 0.833. The first-order valence-electron chi connectivity index (χ1n) is 6.31. The summed E-state index contributed by atoms with van der Waals surface area (Å²) in [6.07, 6.45) is 3.62. The Hall–Kier alpha value is -0.780. The molecule has 0 saturated carbocycles. The number of nitrogens with zero attached hydrogens (tertiary/aromatic N) is 1. The highest BCUT2D eigenvalue weighted by atomic mass is 79.9. The smallest absolute Gasteiger partial charge is 0.170 e. The fourth-order valence-electron chi connectivity index (χ4n) is 1.69. The molecule has 0 aliphatic rings. The lowest BCUT2D eigenvalue weighted by Gasteiger charge is -2.11. The highest BCUT2D eigenvalue weighted by Gasteiger charge is 2.07. The van der Waals surface area contributed by atoms with Gasteiger partial charge >= 0.3 is 0 Å². The molecule has 0 atom stereocenters. The molecule has 2 rings (SSSR count). The summed E-state index contributed by atoms with van der Waals surface area (Å²) in [6, 6.07) is 6.36. The van der Waals surface area contributed by atoms with Crippen LogP contribution in [0.2, 0.25) is 0 Å². The number of H-pyrrole nitrogens is 1. The molecule has 0 fully saturated rings. The van der Waals surface area contributed by atoms with Crippen LogP contribution >= 0.6 is 27.7 Å². The van der Waals surface area contributed by atoms with Gasteiger partial charge in [0.1, 0.15) is 0 Å². The highest BCUT2D eigenvalue weighted by Crippen LogP contribution is 2.30. The van der Waals surface area contributed by atoms with Crippen molar-refractivity contribution in [2.45, 2.75) is 30.4 Å². The third-order valence-electron chi connectivity index (χ3n) is 2.57. The van der Waals surface area contributed by atoms with Crippen LogP contribution in [0.5, 0.6) is 0 Å². The van der Waals surface area contributed by atoms with Gasteiger partial charge in [-0.3, -0.25) is 0 Å². The lowest BCUT2D eigenvalue weighted by molar-refractivity contribution is 0.550. The van der Waals surface area contributed by atoms with Crippen LogP contribution in [0.25, 0.3) is 0 Å². The minimum Gasteiger partial charge on any atom is -0.339 e. The molecule has 1 aromatic heterocycles. The van der Waals surface area contributed by atoms with E-state index >= 15 is 0 Å². The van der Waals surface area contributed by atoms with Crippen molar-refractivity contribution in [1.82, 2.24) is 15.3 Å². The fraction of sp³-hybridized carbons (Fsp3) is 0.357. The molecular weight excluding hydrogens is 322 g/mol. The molecule has 5 heteroatoms. The predicted octanol–water partition coefficient (Wildman–Crippen LogP) is 4.07. The molecular formula is C14H18BrN3S. The average molecular weight is 340 g/mol. The van der Waals surface area contributed by atoms with Crippen LogP contribution in [-0.2, 0) is 6.54 Å². The molecule has 2 aromatic rings. The summed E-state index contributed by atoms with van der Waals surface area (Å²) < 4.78 is 1.11. The highest BCUT2D eigenvalue weighted by molar-refractivity contribution is 9.10. The molecule has 0 radical (unpaired) electrons. The Bertz CT molecular complexity index is 511. The van der Waals surface area contributed by atoms with Gasteiger partial charge in [-0.25, -0.2) is 4.98 Å². The molecule has 0 amide bonds. The molecule has 0 saturated heterocycles. The van der Waals surface area contributed by atoms with Crippen molar-refractivity contribution < 1.29 is 0 Å². The third-order valence-corrected chi connectivity index (χ3v) is 4.10. The number of benzene rings is 1. The van der Waals surface area contributed by atoms with Gasteiger partial charge in [0, 0.05) is 28.3 Å². The van der Waals surface area contributed by atoms with Gasteiger partial charge in [0.2, 0.25) is 0 Å². The first-order valence-corrected chi connectivity index (χ1v) is 7.92. The van der Waals surface area contributed by atoms with E-state index in [0.29, 0.717) is 5.92 Å². The molecule has 0 aliphatic carbocycles. The topological polar surface area (TPSA) is 40.7 Å². The zero-order valence-corrected chi connectivity index (χ0v) is 13.5. The summed E-state index contributed by atoms with van der Waals surface area (Å²) in [6.45, 7) is 6.33. The molecule has 0 bridgehead atoms. The van der Waals surface area contributed by atoms with Gasteiger partial charge < -0.3 is 10.3 Å². The Labute approximate surface area is 126 Å². The van der Waals surface area contributed by atoms with E-state index in [1.807, 2.05) is 6.20 Å². The second-order valence-corrected chi connectivity index (χ2v) is 6.72. The molecule has 1 heterocycles. The van der Waals surface area contributed by atoms with Crippen LogP contribution in [0.3, 0.4) is 0 Å². The van der Waals surface area contributed by atoms with Crippen molar-refractivity contribution in [2.75, 3.05) is 6.54 Å². The van der Waals surface area contributed by atoms with Gasteiger partial charge in [-0.15, -0.1) is 0 Å². The molecule has 3 nitrogen and oxygen atoms in total. The molecule has 102 valence electrons. The Morgan fingerprint density at radius 3 is 2.95 bits per heavy atom. The molecule has 0 aliphatic heterocycles. The summed E-state index contributed by atoms with van der Waals surface area (Å²) in [4.78, 5) is 8.61. The van der Waals surface area contributed by atoms with Gasteiger partial charge in [0.25, 0.3) is 0 Å². The Kier molecular flexibility index (Phi) is 5.48. The Morgan fingerprint density at radius 2 is 2.26 bits per heavy atom. The fourth-order valence-corrected chi connectivity index (χ4v) is 2.95. The predicted molar refractivity (Wildman–Crippen MR) is 83.4 cm³/mol. The van der Waals surface area contributed by atoms with E-state index in [1.54, 1.807) is 18.0 Å².